The van der Waals surface area contributed by atoms with Crippen molar-refractivity contribution in [2.24, 2.45) is 7.05 Å². The predicted molar refractivity (Wildman–Crippen MR) is 102 cm³/mol. The first-order valence-electron chi connectivity index (χ1n) is 9.25. The van der Waals surface area contributed by atoms with Gasteiger partial charge in [-0.05, 0) is 19.8 Å². The van der Waals surface area contributed by atoms with Crippen LogP contribution >= 0.6 is 11.3 Å². The van der Waals surface area contributed by atoms with Gasteiger partial charge in [0.25, 0.3) is 5.91 Å². The third-order valence-corrected chi connectivity index (χ3v) is 6.23. The number of carboxylic acids is 1. The average Bonchev–Trinajstić information content (AvgIpc) is 3.38. The van der Waals surface area contributed by atoms with E-state index >= 15 is 0 Å². The maximum atomic E-state index is 12.6. The molecule has 4 rings (SSSR count). The van der Waals surface area contributed by atoms with Gasteiger partial charge in [0, 0.05) is 56.5 Å². The highest BCUT2D eigenvalue weighted by molar-refractivity contribution is 7.09. The highest BCUT2D eigenvalue weighted by atomic mass is 32.1. The Balaban J connectivity index is 0.000000318. The van der Waals surface area contributed by atoms with Crippen LogP contribution in [-0.4, -0.2) is 72.7 Å². The molecule has 0 saturated carbocycles. The topological polar surface area (TPSA) is 91.6 Å². The number of carboxylic acid groups (broad SMARTS) is 1. The molecule has 1 unspecified atom stereocenters. The summed E-state index contributed by atoms with van der Waals surface area (Å²) >= 11 is 1.70. The lowest BCUT2D eigenvalue weighted by molar-refractivity contribution is -0.192. The van der Waals surface area contributed by atoms with E-state index in [1.807, 2.05) is 25.1 Å². The summed E-state index contributed by atoms with van der Waals surface area (Å²) in [4.78, 5) is 34.8. The second-order valence-electron chi connectivity index (χ2n) is 7.40. The monoisotopic (exact) mass is 445 g/mol. The molecule has 0 bridgehead atoms. The number of hydrogen-bond acceptors (Lipinski definition) is 6. The van der Waals surface area contributed by atoms with Gasteiger partial charge in [-0.3, -0.25) is 9.69 Å². The SMILES string of the molecule is Cc1nc(CN2CCC23CCN(C(=O)c2nccn2C)C3)cs1.O=C(O)C(F)(F)F. The molecule has 0 aliphatic carbocycles. The summed E-state index contributed by atoms with van der Waals surface area (Å²) in [5, 5.41) is 10.4. The summed E-state index contributed by atoms with van der Waals surface area (Å²) in [6, 6.07) is 0. The lowest BCUT2D eigenvalue weighted by Gasteiger charge is -2.50. The van der Waals surface area contributed by atoms with Gasteiger partial charge in [-0.2, -0.15) is 13.2 Å². The Labute approximate surface area is 174 Å². The van der Waals surface area contributed by atoms with Gasteiger partial charge in [-0.15, -0.1) is 11.3 Å². The molecule has 1 atom stereocenters. The van der Waals surface area contributed by atoms with E-state index in [2.05, 4.69) is 20.2 Å². The van der Waals surface area contributed by atoms with Crippen LogP contribution < -0.4 is 0 Å². The number of halogens is 3. The number of aliphatic carboxylic acids is 1. The summed E-state index contributed by atoms with van der Waals surface area (Å²) in [7, 11) is 1.87. The number of carbonyl (C=O) groups excluding carboxylic acids is 1. The van der Waals surface area contributed by atoms with Gasteiger partial charge in [0.2, 0.25) is 0 Å². The number of likely N-dealkylation sites (tertiary alicyclic amines) is 2. The van der Waals surface area contributed by atoms with Gasteiger partial charge in [0.15, 0.2) is 5.82 Å². The lowest BCUT2D eigenvalue weighted by Crippen LogP contribution is -2.60. The zero-order valence-corrected chi connectivity index (χ0v) is 17.3. The van der Waals surface area contributed by atoms with Crippen molar-refractivity contribution in [1.29, 1.82) is 0 Å². The number of thiazole rings is 1. The first kappa shape index (κ1) is 22.2. The van der Waals surface area contributed by atoms with Crippen molar-refractivity contribution in [2.75, 3.05) is 19.6 Å². The Morgan fingerprint density at radius 3 is 2.43 bits per heavy atom. The first-order valence-corrected chi connectivity index (χ1v) is 10.1. The summed E-state index contributed by atoms with van der Waals surface area (Å²) in [5.74, 6) is -2.18. The molecular formula is C18H22F3N5O3S. The maximum absolute atomic E-state index is 12.6. The van der Waals surface area contributed by atoms with Gasteiger partial charge in [-0.25, -0.2) is 14.8 Å². The van der Waals surface area contributed by atoms with Crippen LogP contribution in [0.3, 0.4) is 0 Å². The number of aromatic nitrogens is 3. The quantitative estimate of drug-likeness (QED) is 0.780. The Bertz CT molecular complexity index is 928. The third-order valence-electron chi connectivity index (χ3n) is 5.41. The Morgan fingerprint density at radius 1 is 1.30 bits per heavy atom. The van der Waals surface area contributed by atoms with Crippen LogP contribution in [0, 0.1) is 6.92 Å². The molecule has 2 aromatic rings. The van der Waals surface area contributed by atoms with Crippen molar-refractivity contribution < 1.29 is 27.9 Å². The third kappa shape index (κ3) is 4.64. The Kier molecular flexibility index (Phi) is 6.18. The zero-order valence-electron chi connectivity index (χ0n) is 16.5. The van der Waals surface area contributed by atoms with E-state index in [0.29, 0.717) is 5.82 Å². The highest BCUT2D eigenvalue weighted by Gasteiger charge is 2.50. The van der Waals surface area contributed by atoms with Crippen LogP contribution in [0.4, 0.5) is 13.2 Å². The first-order chi connectivity index (χ1) is 14.0. The number of carbonyl (C=O) groups is 2. The minimum atomic E-state index is -5.08. The number of hydrogen-bond donors (Lipinski definition) is 1. The van der Waals surface area contributed by atoms with E-state index in [0.717, 1.165) is 43.3 Å². The molecule has 1 spiro atoms. The molecule has 1 amide bonds. The molecular weight excluding hydrogens is 423 g/mol. The van der Waals surface area contributed by atoms with E-state index in [9.17, 15) is 18.0 Å². The van der Waals surface area contributed by atoms with Crippen molar-refractivity contribution in [3.05, 3.63) is 34.3 Å². The fourth-order valence-electron chi connectivity index (χ4n) is 3.71. The predicted octanol–water partition coefficient (Wildman–Crippen LogP) is 2.31. The zero-order chi connectivity index (χ0) is 22.1. The molecule has 8 nitrogen and oxygen atoms in total. The summed E-state index contributed by atoms with van der Waals surface area (Å²) in [6.45, 7) is 5.67. The fraction of sp³-hybridized carbons (Fsp3) is 0.556. The molecule has 164 valence electrons. The van der Waals surface area contributed by atoms with Crippen LogP contribution in [0.5, 0.6) is 0 Å². The maximum Gasteiger partial charge on any atom is 0.490 e. The van der Waals surface area contributed by atoms with E-state index in [1.165, 1.54) is 6.42 Å². The van der Waals surface area contributed by atoms with Gasteiger partial charge in [0.05, 0.1) is 10.7 Å². The van der Waals surface area contributed by atoms with Crippen molar-refractivity contribution in [3.8, 4) is 0 Å². The molecule has 30 heavy (non-hydrogen) atoms. The smallest absolute Gasteiger partial charge is 0.475 e. The van der Waals surface area contributed by atoms with Crippen LogP contribution in [0.2, 0.25) is 0 Å². The minimum Gasteiger partial charge on any atom is -0.475 e. The number of imidazole rings is 1. The summed E-state index contributed by atoms with van der Waals surface area (Å²) in [5.41, 5.74) is 1.30. The van der Waals surface area contributed by atoms with Crippen molar-refractivity contribution >= 4 is 23.2 Å². The molecule has 2 aliphatic heterocycles. The minimum absolute atomic E-state index is 0.0470. The second-order valence-corrected chi connectivity index (χ2v) is 8.46. The number of nitrogens with zero attached hydrogens (tertiary/aromatic N) is 5. The molecule has 2 aromatic heterocycles. The number of aryl methyl sites for hydroxylation is 2. The van der Waals surface area contributed by atoms with E-state index in [1.54, 1.807) is 22.1 Å². The Morgan fingerprint density at radius 2 is 1.97 bits per heavy atom. The van der Waals surface area contributed by atoms with E-state index < -0.39 is 12.1 Å². The van der Waals surface area contributed by atoms with Crippen LogP contribution in [-0.2, 0) is 18.4 Å². The molecule has 4 heterocycles. The molecule has 1 N–H and O–H groups in total. The van der Waals surface area contributed by atoms with Crippen LogP contribution in [0.15, 0.2) is 17.8 Å². The largest absolute Gasteiger partial charge is 0.490 e. The Hall–Kier alpha value is -2.47. The van der Waals surface area contributed by atoms with Crippen molar-refractivity contribution in [2.45, 2.75) is 38.0 Å². The van der Waals surface area contributed by atoms with Gasteiger partial charge < -0.3 is 14.6 Å². The standard InChI is InChI=1S/C16H21N5OS.C2HF3O2/c1-12-18-13(10-23-12)9-21-7-4-16(21)3-6-20(11-16)15(22)14-17-5-8-19(14)2;3-2(4,5)1(6)7/h5,8,10H,3-4,6-7,9,11H2,1-2H3;(H,6,7). The fourth-order valence-corrected chi connectivity index (χ4v) is 4.32. The van der Waals surface area contributed by atoms with Gasteiger partial charge in [-0.1, -0.05) is 0 Å². The van der Waals surface area contributed by atoms with Crippen LogP contribution in [0.1, 0.15) is 34.2 Å². The van der Waals surface area contributed by atoms with Crippen LogP contribution in [0.25, 0.3) is 0 Å². The summed E-state index contributed by atoms with van der Waals surface area (Å²) < 4.78 is 33.5. The second kappa shape index (κ2) is 8.34. The lowest BCUT2D eigenvalue weighted by atomic mass is 9.83. The number of rotatable bonds is 3. The van der Waals surface area contributed by atoms with E-state index in [-0.39, 0.29) is 11.4 Å². The molecule has 0 aromatic carbocycles. The molecule has 2 aliphatic rings. The van der Waals surface area contributed by atoms with Crippen molar-refractivity contribution in [3.63, 3.8) is 0 Å². The molecule has 2 saturated heterocycles. The molecule has 0 radical (unpaired) electrons. The number of alkyl halides is 3. The molecule has 12 heteroatoms. The molecule has 2 fully saturated rings. The van der Waals surface area contributed by atoms with Gasteiger partial charge >= 0.3 is 12.1 Å². The average molecular weight is 445 g/mol. The normalized spacial score (nSPS) is 21.3. The van der Waals surface area contributed by atoms with E-state index in [4.69, 9.17) is 9.90 Å². The van der Waals surface area contributed by atoms with Gasteiger partial charge in [0.1, 0.15) is 0 Å². The highest BCUT2D eigenvalue weighted by Crippen LogP contribution is 2.40. The summed E-state index contributed by atoms with van der Waals surface area (Å²) in [6.07, 6.45) is 0.630. The van der Waals surface area contributed by atoms with Crippen molar-refractivity contribution in [1.82, 2.24) is 24.3 Å². The number of amides is 1.